The van der Waals surface area contributed by atoms with E-state index in [0.29, 0.717) is 12.1 Å². The third-order valence-electron chi connectivity index (χ3n) is 4.26. The first-order chi connectivity index (χ1) is 14.4. The number of nitro benzene ring substituents is 1. The lowest BCUT2D eigenvalue weighted by Gasteiger charge is -2.07. The predicted molar refractivity (Wildman–Crippen MR) is 114 cm³/mol. The fraction of sp³-hybridized carbons (Fsp3) is 0.286. The molecule has 0 bridgehead atoms. The number of amides is 2. The highest BCUT2D eigenvalue weighted by atomic mass is 16.6. The van der Waals surface area contributed by atoms with Crippen LogP contribution < -0.4 is 10.7 Å². The number of rotatable bonds is 10. The summed E-state index contributed by atoms with van der Waals surface area (Å²) < 4.78 is 0. The molecule has 0 aliphatic rings. The molecule has 2 amide bonds. The molecule has 0 radical (unpaired) electrons. The van der Waals surface area contributed by atoms with Gasteiger partial charge >= 0.3 is 0 Å². The van der Waals surface area contributed by atoms with Crippen LogP contribution in [0.4, 0.5) is 11.4 Å². The smallest absolute Gasteiger partial charge is 0.271 e. The number of hydrazone groups is 1. The van der Waals surface area contributed by atoms with Crippen molar-refractivity contribution in [3.05, 3.63) is 63.7 Å². The standard InChI is InChI=1S/C21H24N4O5/c1-2-3-4-5-9-20(27)23-17-8-6-7-15(12-17)21(28)24-22-14-16-13-18(25(29)30)10-11-19(16)26/h6-8,10-14,26H,2-5,9H2,1H3,(H,23,27)(H,24,28)/b22-14-. The Morgan fingerprint density at radius 1 is 1.17 bits per heavy atom. The molecule has 9 heteroatoms. The number of nitrogens with zero attached hydrogens (tertiary/aromatic N) is 2. The van der Waals surface area contributed by atoms with Crippen molar-refractivity contribution in [1.29, 1.82) is 0 Å². The Morgan fingerprint density at radius 2 is 1.97 bits per heavy atom. The molecule has 0 heterocycles. The molecule has 3 N–H and O–H groups in total. The molecule has 0 aliphatic heterocycles. The molecule has 0 saturated carbocycles. The Balaban J connectivity index is 1.95. The second-order valence-corrected chi connectivity index (χ2v) is 6.64. The monoisotopic (exact) mass is 412 g/mol. The van der Waals surface area contributed by atoms with Crippen LogP contribution in [0.1, 0.15) is 54.9 Å². The summed E-state index contributed by atoms with van der Waals surface area (Å²) in [7, 11) is 0. The molecular weight excluding hydrogens is 388 g/mol. The highest BCUT2D eigenvalue weighted by molar-refractivity contribution is 5.97. The van der Waals surface area contributed by atoms with Crippen molar-refractivity contribution in [2.45, 2.75) is 39.0 Å². The highest BCUT2D eigenvalue weighted by Crippen LogP contribution is 2.21. The maximum Gasteiger partial charge on any atom is 0.271 e. The lowest BCUT2D eigenvalue weighted by Crippen LogP contribution is -2.18. The normalized spacial score (nSPS) is 10.7. The molecule has 0 fully saturated rings. The first-order valence-electron chi connectivity index (χ1n) is 9.61. The van der Waals surface area contributed by atoms with Gasteiger partial charge in [0.05, 0.1) is 11.1 Å². The summed E-state index contributed by atoms with van der Waals surface area (Å²) in [4.78, 5) is 34.5. The van der Waals surface area contributed by atoms with Crippen LogP contribution in [0, 0.1) is 10.1 Å². The summed E-state index contributed by atoms with van der Waals surface area (Å²) in [5.74, 6) is -0.847. The minimum absolute atomic E-state index is 0.0913. The van der Waals surface area contributed by atoms with Gasteiger partial charge in [-0.25, -0.2) is 5.43 Å². The fourth-order valence-corrected chi connectivity index (χ4v) is 2.66. The number of aromatic hydroxyl groups is 1. The van der Waals surface area contributed by atoms with Crippen LogP contribution in [0.5, 0.6) is 5.75 Å². The molecule has 30 heavy (non-hydrogen) atoms. The Kier molecular flexibility index (Phi) is 8.49. The number of hydrogen-bond acceptors (Lipinski definition) is 6. The van der Waals surface area contributed by atoms with E-state index in [1.807, 2.05) is 0 Å². The third-order valence-corrected chi connectivity index (χ3v) is 4.26. The second kappa shape index (κ2) is 11.3. The molecule has 0 saturated heterocycles. The van der Waals surface area contributed by atoms with Crippen molar-refractivity contribution < 1.29 is 19.6 Å². The molecule has 2 rings (SSSR count). The number of unbranched alkanes of at least 4 members (excludes halogenated alkanes) is 3. The first-order valence-corrected chi connectivity index (χ1v) is 9.61. The molecular formula is C21H24N4O5. The van der Waals surface area contributed by atoms with Crippen molar-refractivity contribution in [1.82, 2.24) is 5.43 Å². The van der Waals surface area contributed by atoms with Crippen LogP contribution in [0.15, 0.2) is 47.6 Å². The van der Waals surface area contributed by atoms with E-state index in [-0.39, 0.29) is 28.5 Å². The van der Waals surface area contributed by atoms with Crippen molar-refractivity contribution in [3.63, 3.8) is 0 Å². The Hall–Kier alpha value is -3.75. The number of carbonyl (C=O) groups is 2. The summed E-state index contributed by atoms with van der Waals surface area (Å²) in [6.07, 6.45) is 5.55. The Bertz CT molecular complexity index is 943. The van der Waals surface area contributed by atoms with Gasteiger partial charge in [0, 0.05) is 35.4 Å². The van der Waals surface area contributed by atoms with Gasteiger partial charge in [-0.15, -0.1) is 0 Å². The molecule has 0 atom stereocenters. The summed E-state index contributed by atoms with van der Waals surface area (Å²) >= 11 is 0. The van der Waals surface area contributed by atoms with Gasteiger partial charge < -0.3 is 10.4 Å². The van der Waals surface area contributed by atoms with Crippen molar-refractivity contribution in [2.24, 2.45) is 5.10 Å². The second-order valence-electron chi connectivity index (χ2n) is 6.64. The van der Waals surface area contributed by atoms with Gasteiger partial charge in [-0.2, -0.15) is 5.10 Å². The maximum atomic E-state index is 12.3. The van der Waals surface area contributed by atoms with Crippen molar-refractivity contribution in [2.75, 3.05) is 5.32 Å². The minimum atomic E-state index is -0.598. The molecule has 2 aromatic carbocycles. The van der Waals surface area contributed by atoms with Gasteiger partial charge in [-0.05, 0) is 30.7 Å². The van der Waals surface area contributed by atoms with E-state index < -0.39 is 10.8 Å². The predicted octanol–water partition coefficient (Wildman–Crippen LogP) is 3.97. The molecule has 158 valence electrons. The molecule has 0 spiro atoms. The van der Waals surface area contributed by atoms with Gasteiger partial charge in [0.2, 0.25) is 5.91 Å². The zero-order valence-electron chi connectivity index (χ0n) is 16.6. The van der Waals surface area contributed by atoms with E-state index in [1.54, 1.807) is 18.2 Å². The van der Waals surface area contributed by atoms with Crippen LogP contribution in [-0.4, -0.2) is 28.1 Å². The Morgan fingerprint density at radius 3 is 2.70 bits per heavy atom. The molecule has 0 aliphatic carbocycles. The summed E-state index contributed by atoms with van der Waals surface area (Å²) in [5.41, 5.74) is 2.95. The lowest BCUT2D eigenvalue weighted by atomic mass is 10.1. The van der Waals surface area contributed by atoms with Gasteiger partial charge in [0.25, 0.3) is 11.6 Å². The number of non-ortho nitro benzene ring substituents is 1. The number of nitro groups is 1. The topological polar surface area (TPSA) is 134 Å². The third kappa shape index (κ3) is 7.01. The lowest BCUT2D eigenvalue weighted by molar-refractivity contribution is -0.384. The molecule has 2 aromatic rings. The maximum absolute atomic E-state index is 12.3. The van der Waals surface area contributed by atoms with Crippen LogP contribution in [0.3, 0.4) is 0 Å². The number of anilines is 1. The van der Waals surface area contributed by atoms with Gasteiger partial charge in [-0.1, -0.05) is 32.3 Å². The van der Waals surface area contributed by atoms with E-state index in [9.17, 15) is 24.8 Å². The fourth-order valence-electron chi connectivity index (χ4n) is 2.66. The summed E-state index contributed by atoms with van der Waals surface area (Å²) in [6, 6.07) is 9.89. The number of hydrogen-bond donors (Lipinski definition) is 3. The number of carbonyl (C=O) groups excluding carboxylic acids is 2. The average molecular weight is 412 g/mol. The van der Waals surface area contributed by atoms with Gasteiger partial charge in [0.15, 0.2) is 0 Å². The van der Waals surface area contributed by atoms with Gasteiger partial charge in [0.1, 0.15) is 5.75 Å². The van der Waals surface area contributed by atoms with E-state index in [4.69, 9.17) is 0 Å². The first kappa shape index (κ1) is 22.5. The van der Waals surface area contributed by atoms with Crippen LogP contribution >= 0.6 is 0 Å². The van der Waals surface area contributed by atoms with E-state index in [1.165, 1.54) is 12.1 Å². The zero-order chi connectivity index (χ0) is 21.9. The van der Waals surface area contributed by atoms with Crippen LogP contribution in [-0.2, 0) is 4.79 Å². The highest BCUT2D eigenvalue weighted by Gasteiger charge is 2.10. The van der Waals surface area contributed by atoms with E-state index in [2.05, 4.69) is 22.8 Å². The number of phenols is 1. The molecule has 0 aromatic heterocycles. The molecule has 0 unspecified atom stereocenters. The van der Waals surface area contributed by atoms with Crippen molar-refractivity contribution in [3.8, 4) is 5.75 Å². The summed E-state index contributed by atoms with van der Waals surface area (Å²) in [5, 5.41) is 27.1. The SMILES string of the molecule is CCCCCCC(=O)Nc1cccc(C(=O)N/N=C\c2cc([N+](=O)[O-])ccc2O)c1. The van der Waals surface area contributed by atoms with E-state index in [0.717, 1.165) is 44.0 Å². The van der Waals surface area contributed by atoms with Crippen molar-refractivity contribution >= 4 is 29.4 Å². The minimum Gasteiger partial charge on any atom is -0.507 e. The van der Waals surface area contributed by atoms with Gasteiger partial charge in [-0.3, -0.25) is 19.7 Å². The number of nitrogens with one attached hydrogen (secondary N) is 2. The van der Waals surface area contributed by atoms with Crippen LogP contribution in [0.2, 0.25) is 0 Å². The molecule has 9 nitrogen and oxygen atoms in total. The average Bonchev–Trinajstić information content (AvgIpc) is 2.72. The summed E-state index contributed by atoms with van der Waals surface area (Å²) in [6.45, 7) is 2.10. The Labute approximate surface area is 174 Å². The largest absolute Gasteiger partial charge is 0.507 e. The number of benzene rings is 2. The number of phenolic OH excluding ortho intramolecular Hbond substituents is 1. The van der Waals surface area contributed by atoms with Crippen LogP contribution in [0.25, 0.3) is 0 Å². The quantitative estimate of drug-likeness (QED) is 0.235. The van der Waals surface area contributed by atoms with E-state index >= 15 is 0 Å². The zero-order valence-corrected chi connectivity index (χ0v) is 16.6.